The van der Waals surface area contributed by atoms with Gasteiger partial charge in [-0.15, -0.1) is 5.92 Å². The van der Waals surface area contributed by atoms with Gasteiger partial charge in [-0.1, -0.05) is 12.3 Å². The first-order valence-electron chi connectivity index (χ1n) is 5.68. The molecule has 1 aliphatic carbocycles. The maximum absolute atomic E-state index is 11.7. The lowest BCUT2D eigenvalue weighted by Gasteiger charge is -2.37. The van der Waals surface area contributed by atoms with Crippen molar-refractivity contribution in [3.8, 4) is 11.8 Å². The van der Waals surface area contributed by atoms with Crippen LogP contribution in [0.1, 0.15) is 32.6 Å². The van der Waals surface area contributed by atoms with Crippen LogP contribution in [-0.2, 0) is 0 Å². The lowest BCUT2D eigenvalue weighted by atomic mass is 9.68. The van der Waals surface area contributed by atoms with Crippen molar-refractivity contribution in [3.63, 3.8) is 0 Å². The van der Waals surface area contributed by atoms with Crippen LogP contribution in [0.3, 0.4) is 0 Å². The van der Waals surface area contributed by atoms with Crippen molar-refractivity contribution in [2.24, 2.45) is 5.41 Å². The van der Waals surface area contributed by atoms with Crippen molar-refractivity contribution < 1.29 is 4.79 Å². The maximum atomic E-state index is 11.7. The van der Waals surface area contributed by atoms with Gasteiger partial charge in [0.1, 0.15) is 0 Å². The van der Waals surface area contributed by atoms with Gasteiger partial charge < -0.3 is 10.2 Å². The summed E-state index contributed by atoms with van der Waals surface area (Å²) < 4.78 is 0. The molecular weight excluding hydrogens is 188 g/mol. The molecule has 1 spiro atoms. The van der Waals surface area contributed by atoms with E-state index in [0.717, 1.165) is 13.1 Å². The van der Waals surface area contributed by atoms with E-state index in [1.807, 2.05) is 4.90 Å². The van der Waals surface area contributed by atoms with Crippen LogP contribution in [-0.4, -0.2) is 30.6 Å². The zero-order valence-electron chi connectivity index (χ0n) is 9.31. The Morgan fingerprint density at radius 1 is 1.47 bits per heavy atom. The fourth-order valence-corrected chi connectivity index (χ4v) is 2.51. The van der Waals surface area contributed by atoms with Gasteiger partial charge in [-0.3, -0.25) is 0 Å². The molecule has 1 N–H and O–H groups in total. The predicted molar refractivity (Wildman–Crippen MR) is 59.3 cm³/mol. The summed E-state index contributed by atoms with van der Waals surface area (Å²) in [4.78, 5) is 13.6. The van der Waals surface area contributed by atoms with Crippen LogP contribution in [0.5, 0.6) is 0 Å². The van der Waals surface area contributed by atoms with Gasteiger partial charge in [0.2, 0.25) is 0 Å². The Morgan fingerprint density at radius 2 is 2.27 bits per heavy atom. The third kappa shape index (κ3) is 2.09. The van der Waals surface area contributed by atoms with Crippen molar-refractivity contribution >= 4 is 6.03 Å². The molecule has 0 aromatic heterocycles. The Morgan fingerprint density at radius 3 is 2.80 bits per heavy atom. The SMILES string of the molecule is CC#CCNC(=O)N1CCC2(CCC2)C1. The van der Waals surface area contributed by atoms with Crippen molar-refractivity contribution in [1.29, 1.82) is 0 Å². The first kappa shape index (κ1) is 10.4. The van der Waals surface area contributed by atoms with Crippen molar-refractivity contribution in [2.75, 3.05) is 19.6 Å². The average Bonchev–Trinajstić information content (AvgIpc) is 2.62. The Kier molecular flexibility index (Phi) is 2.86. The average molecular weight is 206 g/mol. The fourth-order valence-electron chi connectivity index (χ4n) is 2.51. The lowest BCUT2D eigenvalue weighted by molar-refractivity contribution is 0.141. The molecule has 3 heteroatoms. The minimum Gasteiger partial charge on any atom is -0.327 e. The monoisotopic (exact) mass is 206 g/mol. The predicted octanol–water partition coefficient (Wildman–Crippen LogP) is 1.60. The highest BCUT2D eigenvalue weighted by Crippen LogP contribution is 2.47. The number of carbonyl (C=O) groups is 1. The van der Waals surface area contributed by atoms with E-state index in [-0.39, 0.29) is 6.03 Å². The number of nitrogens with zero attached hydrogens (tertiary/aromatic N) is 1. The molecule has 2 rings (SSSR count). The normalized spacial score (nSPS) is 21.8. The lowest BCUT2D eigenvalue weighted by Crippen LogP contribution is -2.41. The maximum Gasteiger partial charge on any atom is 0.318 e. The second-order valence-electron chi connectivity index (χ2n) is 4.61. The quantitative estimate of drug-likeness (QED) is 0.649. The molecule has 82 valence electrons. The Bertz CT molecular complexity index is 309. The van der Waals surface area contributed by atoms with Gasteiger partial charge in [-0.25, -0.2) is 4.79 Å². The standard InChI is InChI=1S/C12H18N2O/c1-2-3-8-13-11(15)14-9-7-12(10-14)5-4-6-12/h4-10H2,1H3,(H,13,15). The van der Waals surface area contributed by atoms with E-state index in [4.69, 9.17) is 0 Å². The summed E-state index contributed by atoms with van der Waals surface area (Å²) in [6.07, 6.45) is 5.16. The molecule has 0 radical (unpaired) electrons. The summed E-state index contributed by atoms with van der Waals surface area (Å²) >= 11 is 0. The number of hydrogen-bond acceptors (Lipinski definition) is 1. The number of carbonyl (C=O) groups excluding carboxylic acids is 1. The molecule has 2 amide bonds. The van der Waals surface area contributed by atoms with Crippen molar-refractivity contribution in [2.45, 2.75) is 32.6 Å². The van der Waals surface area contributed by atoms with E-state index < -0.39 is 0 Å². The molecule has 1 aliphatic heterocycles. The number of nitrogens with one attached hydrogen (secondary N) is 1. The molecule has 0 bridgehead atoms. The number of urea groups is 1. The molecule has 15 heavy (non-hydrogen) atoms. The Balaban J connectivity index is 1.79. The Hall–Kier alpha value is -1.17. The van der Waals surface area contributed by atoms with Gasteiger partial charge in [-0.05, 0) is 31.6 Å². The smallest absolute Gasteiger partial charge is 0.318 e. The van der Waals surface area contributed by atoms with Gasteiger partial charge in [0, 0.05) is 13.1 Å². The van der Waals surface area contributed by atoms with Crippen molar-refractivity contribution in [3.05, 3.63) is 0 Å². The third-order valence-electron chi connectivity index (χ3n) is 3.64. The number of hydrogen-bond donors (Lipinski definition) is 1. The summed E-state index contributed by atoms with van der Waals surface area (Å²) in [7, 11) is 0. The van der Waals surface area contributed by atoms with Crippen LogP contribution >= 0.6 is 0 Å². The van der Waals surface area contributed by atoms with Crippen LogP contribution in [0.2, 0.25) is 0 Å². The molecule has 0 aromatic rings. The van der Waals surface area contributed by atoms with Gasteiger partial charge >= 0.3 is 6.03 Å². The number of rotatable bonds is 1. The second-order valence-corrected chi connectivity index (χ2v) is 4.61. The highest BCUT2D eigenvalue weighted by atomic mass is 16.2. The minimum atomic E-state index is 0.0570. The van der Waals surface area contributed by atoms with E-state index in [1.54, 1.807) is 6.92 Å². The minimum absolute atomic E-state index is 0.0570. The summed E-state index contributed by atoms with van der Waals surface area (Å²) in [6, 6.07) is 0.0570. The van der Waals surface area contributed by atoms with Gasteiger partial charge in [0.05, 0.1) is 6.54 Å². The second kappa shape index (κ2) is 4.14. The summed E-state index contributed by atoms with van der Waals surface area (Å²) in [5, 5.41) is 2.82. The molecule has 3 nitrogen and oxygen atoms in total. The van der Waals surface area contributed by atoms with Crippen LogP contribution in [0, 0.1) is 17.3 Å². The molecule has 1 saturated carbocycles. The zero-order chi connectivity index (χ0) is 10.7. The van der Waals surface area contributed by atoms with Crippen LogP contribution in [0.15, 0.2) is 0 Å². The van der Waals surface area contributed by atoms with Crippen LogP contribution in [0.25, 0.3) is 0 Å². The Labute approximate surface area is 91.2 Å². The van der Waals surface area contributed by atoms with E-state index >= 15 is 0 Å². The molecule has 0 atom stereocenters. The van der Waals surface area contributed by atoms with E-state index in [1.165, 1.54) is 25.7 Å². The van der Waals surface area contributed by atoms with Gasteiger partial charge in [-0.2, -0.15) is 0 Å². The summed E-state index contributed by atoms with van der Waals surface area (Å²) in [6.45, 7) is 4.13. The molecule has 2 fully saturated rings. The molecular formula is C12H18N2O. The first-order valence-corrected chi connectivity index (χ1v) is 5.68. The van der Waals surface area contributed by atoms with Gasteiger partial charge in [0.25, 0.3) is 0 Å². The molecule has 0 aromatic carbocycles. The molecule has 1 saturated heterocycles. The first-order chi connectivity index (χ1) is 7.26. The molecule has 2 aliphatic rings. The number of likely N-dealkylation sites (tertiary alicyclic amines) is 1. The van der Waals surface area contributed by atoms with E-state index in [2.05, 4.69) is 17.2 Å². The summed E-state index contributed by atoms with van der Waals surface area (Å²) in [5.41, 5.74) is 0.494. The number of amides is 2. The third-order valence-corrected chi connectivity index (χ3v) is 3.64. The fraction of sp³-hybridized carbons (Fsp3) is 0.750. The largest absolute Gasteiger partial charge is 0.327 e. The van der Waals surface area contributed by atoms with E-state index in [9.17, 15) is 4.79 Å². The van der Waals surface area contributed by atoms with E-state index in [0.29, 0.717) is 12.0 Å². The highest BCUT2D eigenvalue weighted by molar-refractivity contribution is 5.74. The summed E-state index contributed by atoms with van der Waals surface area (Å²) in [5.74, 6) is 5.61. The van der Waals surface area contributed by atoms with Crippen molar-refractivity contribution in [1.82, 2.24) is 10.2 Å². The topological polar surface area (TPSA) is 32.3 Å². The zero-order valence-corrected chi connectivity index (χ0v) is 9.31. The molecule has 1 heterocycles. The molecule has 0 unspecified atom stereocenters. The van der Waals surface area contributed by atoms with Gasteiger partial charge in [0.15, 0.2) is 0 Å². The highest BCUT2D eigenvalue weighted by Gasteiger charge is 2.43. The van der Waals surface area contributed by atoms with Crippen LogP contribution in [0.4, 0.5) is 4.79 Å². The van der Waals surface area contributed by atoms with Crippen LogP contribution < -0.4 is 5.32 Å².